The van der Waals surface area contributed by atoms with Crippen molar-refractivity contribution in [3.8, 4) is 0 Å². The summed E-state index contributed by atoms with van der Waals surface area (Å²) in [7, 11) is -1.06. The van der Waals surface area contributed by atoms with E-state index in [-0.39, 0.29) is 5.04 Å². The third kappa shape index (κ3) is 4.56. The summed E-state index contributed by atoms with van der Waals surface area (Å²) >= 11 is 0. The van der Waals surface area contributed by atoms with Crippen molar-refractivity contribution in [2.75, 3.05) is 13.2 Å². The Labute approximate surface area is 71.7 Å². The molecule has 0 aromatic rings. The Hall–Kier alpha value is 0.137. The van der Waals surface area contributed by atoms with Gasteiger partial charge in [0.05, 0.1) is 0 Å². The summed E-state index contributed by atoms with van der Waals surface area (Å²) < 4.78 is 11.1. The molecule has 0 fully saturated rings. The molecule has 1 radical (unpaired) electrons. The quantitative estimate of drug-likeness (QED) is 0.611. The first-order valence-electron chi connectivity index (χ1n) is 4.15. The molecular weight excluding hydrogens is 156 g/mol. The van der Waals surface area contributed by atoms with Crippen molar-refractivity contribution in [1.82, 2.24) is 0 Å². The molecule has 0 aliphatic rings. The summed E-state index contributed by atoms with van der Waals surface area (Å²) in [6, 6.07) is 0. The molecule has 3 heteroatoms. The van der Waals surface area contributed by atoms with Crippen molar-refractivity contribution in [1.29, 1.82) is 0 Å². The number of hydrogen-bond acceptors (Lipinski definition) is 2. The Kier molecular flexibility index (Phi) is 4.96. The van der Waals surface area contributed by atoms with E-state index < -0.39 is 9.28 Å². The predicted octanol–water partition coefficient (Wildman–Crippen LogP) is 2.35. The fourth-order valence-electron chi connectivity index (χ4n) is 0.737. The number of hydrogen-bond donors (Lipinski definition) is 0. The van der Waals surface area contributed by atoms with Crippen LogP contribution in [-0.2, 0) is 8.85 Å². The van der Waals surface area contributed by atoms with E-state index in [9.17, 15) is 0 Å². The maximum Gasteiger partial charge on any atom is 0.390 e. The first-order chi connectivity index (χ1) is 5.02. The molecule has 0 atom stereocenters. The minimum Gasteiger partial charge on any atom is -0.393 e. The third-order valence-corrected chi connectivity index (χ3v) is 3.49. The van der Waals surface area contributed by atoms with Crippen LogP contribution in [-0.4, -0.2) is 22.5 Å². The molecule has 0 aliphatic heterocycles. The molecule has 2 nitrogen and oxygen atoms in total. The van der Waals surface area contributed by atoms with Crippen LogP contribution >= 0.6 is 0 Å². The van der Waals surface area contributed by atoms with E-state index >= 15 is 0 Å². The van der Waals surface area contributed by atoms with Crippen molar-refractivity contribution in [3.05, 3.63) is 0 Å². The molecule has 0 aliphatic carbocycles. The lowest BCUT2D eigenvalue weighted by molar-refractivity contribution is 0.193. The van der Waals surface area contributed by atoms with E-state index in [1.807, 2.05) is 13.8 Å². The van der Waals surface area contributed by atoms with Crippen molar-refractivity contribution < 1.29 is 8.85 Å². The van der Waals surface area contributed by atoms with Gasteiger partial charge in [0.2, 0.25) is 0 Å². The van der Waals surface area contributed by atoms with Crippen molar-refractivity contribution in [2.45, 2.75) is 39.7 Å². The fraction of sp³-hybridized carbons (Fsp3) is 1.00. The van der Waals surface area contributed by atoms with Crippen molar-refractivity contribution in [3.63, 3.8) is 0 Å². The summed E-state index contributed by atoms with van der Waals surface area (Å²) in [6.45, 7) is 12.0. The lowest BCUT2D eigenvalue weighted by Gasteiger charge is -2.25. The van der Waals surface area contributed by atoms with Crippen molar-refractivity contribution in [2.24, 2.45) is 0 Å². The summed E-state index contributed by atoms with van der Waals surface area (Å²) in [5.74, 6) is 0. The van der Waals surface area contributed by atoms with Gasteiger partial charge in [-0.25, -0.2) is 0 Å². The van der Waals surface area contributed by atoms with Gasteiger partial charge in [0, 0.05) is 18.3 Å². The zero-order chi connectivity index (χ0) is 8.91. The molecule has 0 aromatic carbocycles. The molecule has 0 spiro atoms. The highest BCUT2D eigenvalue weighted by Crippen LogP contribution is 2.27. The highest BCUT2D eigenvalue weighted by molar-refractivity contribution is 6.48. The molecule has 0 amide bonds. The van der Waals surface area contributed by atoms with Gasteiger partial charge in [-0.05, 0) is 13.8 Å². The van der Waals surface area contributed by atoms with Crippen LogP contribution in [0.15, 0.2) is 0 Å². The third-order valence-electron chi connectivity index (χ3n) is 1.16. The van der Waals surface area contributed by atoms with Crippen LogP contribution in [0.5, 0.6) is 0 Å². The maximum absolute atomic E-state index is 5.53. The molecule has 67 valence electrons. The van der Waals surface area contributed by atoms with Gasteiger partial charge in [-0.3, -0.25) is 0 Å². The molecule has 0 heterocycles. The van der Waals surface area contributed by atoms with Crippen LogP contribution in [0.3, 0.4) is 0 Å². The van der Waals surface area contributed by atoms with Gasteiger partial charge >= 0.3 is 9.28 Å². The van der Waals surface area contributed by atoms with Crippen LogP contribution in [0.2, 0.25) is 5.04 Å². The largest absolute Gasteiger partial charge is 0.393 e. The van der Waals surface area contributed by atoms with Gasteiger partial charge in [-0.15, -0.1) is 0 Å². The van der Waals surface area contributed by atoms with Gasteiger partial charge in [0.15, 0.2) is 0 Å². The molecule has 0 saturated carbocycles. The zero-order valence-corrected chi connectivity index (χ0v) is 9.23. The summed E-state index contributed by atoms with van der Waals surface area (Å²) in [5, 5.41) is 0.177. The molecule has 0 bridgehead atoms. The van der Waals surface area contributed by atoms with Gasteiger partial charge < -0.3 is 8.85 Å². The average molecular weight is 175 g/mol. The standard InChI is InChI=1S/C8H19O2Si/c1-6-9-11(10-7-2)8(3,4)5/h6-7H2,1-5H3. The molecule has 0 rings (SSSR count). The number of rotatable bonds is 4. The lowest BCUT2D eigenvalue weighted by atomic mass is 10.3. The van der Waals surface area contributed by atoms with Crippen LogP contribution in [0.25, 0.3) is 0 Å². The van der Waals surface area contributed by atoms with Gasteiger partial charge in [0.1, 0.15) is 0 Å². The topological polar surface area (TPSA) is 18.5 Å². The van der Waals surface area contributed by atoms with E-state index in [1.54, 1.807) is 0 Å². The molecule has 11 heavy (non-hydrogen) atoms. The highest BCUT2D eigenvalue weighted by Gasteiger charge is 2.30. The van der Waals surface area contributed by atoms with E-state index in [4.69, 9.17) is 8.85 Å². The van der Waals surface area contributed by atoms with E-state index in [0.29, 0.717) is 0 Å². The Morgan fingerprint density at radius 1 is 1.00 bits per heavy atom. The Balaban J connectivity index is 3.88. The molecule has 0 unspecified atom stereocenters. The monoisotopic (exact) mass is 175 g/mol. The lowest BCUT2D eigenvalue weighted by Crippen LogP contribution is -2.33. The minimum absolute atomic E-state index is 0.177. The SMILES string of the molecule is CCO[Si](OCC)C(C)(C)C. The van der Waals surface area contributed by atoms with E-state index in [0.717, 1.165) is 13.2 Å². The van der Waals surface area contributed by atoms with Gasteiger partial charge in [-0.1, -0.05) is 20.8 Å². The van der Waals surface area contributed by atoms with Crippen LogP contribution < -0.4 is 0 Å². The van der Waals surface area contributed by atoms with E-state index in [2.05, 4.69) is 20.8 Å². The van der Waals surface area contributed by atoms with Gasteiger partial charge in [0.25, 0.3) is 0 Å². The summed E-state index contributed by atoms with van der Waals surface area (Å²) in [6.07, 6.45) is 0. The average Bonchev–Trinajstić information content (AvgIpc) is 1.85. The maximum atomic E-state index is 5.53. The Morgan fingerprint density at radius 2 is 1.36 bits per heavy atom. The first-order valence-corrected chi connectivity index (χ1v) is 5.47. The minimum atomic E-state index is -1.06. The fourth-order valence-corrected chi connectivity index (χ4v) is 2.21. The smallest absolute Gasteiger partial charge is 0.390 e. The second-order valence-corrected chi connectivity index (χ2v) is 6.06. The van der Waals surface area contributed by atoms with Crippen LogP contribution in [0, 0.1) is 0 Å². The second-order valence-electron chi connectivity index (χ2n) is 3.40. The molecule has 0 N–H and O–H groups in total. The predicted molar refractivity (Wildman–Crippen MR) is 48.7 cm³/mol. The van der Waals surface area contributed by atoms with Crippen LogP contribution in [0.4, 0.5) is 0 Å². The van der Waals surface area contributed by atoms with Crippen molar-refractivity contribution >= 4 is 9.28 Å². The first kappa shape index (κ1) is 11.1. The van der Waals surface area contributed by atoms with E-state index in [1.165, 1.54) is 0 Å². The second kappa shape index (κ2) is 4.90. The summed E-state index contributed by atoms with van der Waals surface area (Å²) in [5.41, 5.74) is 0. The highest BCUT2D eigenvalue weighted by atomic mass is 28.3. The van der Waals surface area contributed by atoms with Gasteiger partial charge in [-0.2, -0.15) is 0 Å². The molecule has 0 saturated heterocycles. The Morgan fingerprint density at radius 3 is 1.55 bits per heavy atom. The zero-order valence-electron chi connectivity index (χ0n) is 8.23. The molecular formula is C8H19O2Si. The normalized spacial score (nSPS) is 12.5. The van der Waals surface area contributed by atoms with Crippen LogP contribution in [0.1, 0.15) is 34.6 Å². The molecule has 0 aromatic heterocycles. The summed E-state index contributed by atoms with van der Waals surface area (Å²) in [4.78, 5) is 0. The Bertz CT molecular complexity index is 92.8.